The number of rotatable bonds is 7. The van der Waals surface area contributed by atoms with Crippen LogP contribution in [0.2, 0.25) is 0 Å². The fourth-order valence-electron chi connectivity index (χ4n) is 4.34. The zero-order valence-electron chi connectivity index (χ0n) is 18.9. The number of hydrogen-bond donors (Lipinski definition) is 1. The number of benzene rings is 1. The number of alkyl halides is 3. The molecule has 1 aromatic carbocycles. The molecule has 10 heteroatoms. The van der Waals surface area contributed by atoms with Crippen molar-refractivity contribution in [2.45, 2.75) is 19.0 Å². The van der Waals surface area contributed by atoms with E-state index in [-0.39, 0.29) is 24.0 Å². The first-order chi connectivity index (χ1) is 14.9. The molecule has 2 aliphatic rings. The molecule has 2 aliphatic heterocycles. The van der Waals surface area contributed by atoms with Crippen molar-refractivity contribution >= 4 is 35.6 Å². The summed E-state index contributed by atoms with van der Waals surface area (Å²) in [4.78, 5) is 11.1. The average Bonchev–Trinajstić information content (AvgIpc) is 3.22. The van der Waals surface area contributed by atoms with Crippen LogP contribution in [0.25, 0.3) is 0 Å². The molecule has 0 bridgehead atoms. The molecule has 0 amide bonds. The maximum absolute atomic E-state index is 13.0. The van der Waals surface area contributed by atoms with E-state index in [0.717, 1.165) is 83.8 Å². The van der Waals surface area contributed by atoms with Crippen molar-refractivity contribution in [2.75, 3.05) is 78.0 Å². The zero-order chi connectivity index (χ0) is 22.3. The van der Waals surface area contributed by atoms with Crippen LogP contribution in [0.4, 0.5) is 18.9 Å². The summed E-state index contributed by atoms with van der Waals surface area (Å²) in [6, 6.07) is 5.62. The molecule has 2 fully saturated rings. The van der Waals surface area contributed by atoms with Crippen LogP contribution >= 0.6 is 24.0 Å². The van der Waals surface area contributed by atoms with Gasteiger partial charge >= 0.3 is 6.18 Å². The Balaban J connectivity index is 0.00000363. The first kappa shape index (κ1) is 27.0. The Hall–Kier alpha value is -1.27. The van der Waals surface area contributed by atoms with Crippen LogP contribution in [0, 0.1) is 5.92 Å². The van der Waals surface area contributed by atoms with Crippen molar-refractivity contribution in [1.29, 1.82) is 0 Å². The highest BCUT2D eigenvalue weighted by Crippen LogP contribution is 2.31. The molecule has 2 heterocycles. The monoisotopic (exact) mass is 569 g/mol. The third kappa shape index (κ3) is 7.65. The van der Waals surface area contributed by atoms with Gasteiger partial charge in [0.2, 0.25) is 0 Å². The van der Waals surface area contributed by atoms with E-state index in [4.69, 9.17) is 4.74 Å². The Kier molecular flexibility index (Phi) is 10.8. The number of halogens is 4. The molecule has 0 spiro atoms. The molecule has 32 heavy (non-hydrogen) atoms. The SMILES string of the molecule is CN=C(NCCCN1CCN(c2cccc(C(F)(F)F)c2)CC1)N1CCC(COC)C1.I. The van der Waals surface area contributed by atoms with E-state index in [9.17, 15) is 13.2 Å². The van der Waals surface area contributed by atoms with Crippen LogP contribution in [-0.2, 0) is 10.9 Å². The average molecular weight is 569 g/mol. The van der Waals surface area contributed by atoms with Gasteiger partial charge in [0.05, 0.1) is 12.2 Å². The lowest BCUT2D eigenvalue weighted by atomic mass is 10.1. The van der Waals surface area contributed by atoms with Crippen molar-refractivity contribution in [2.24, 2.45) is 10.9 Å². The number of hydrogen-bond acceptors (Lipinski definition) is 4. The molecule has 182 valence electrons. The van der Waals surface area contributed by atoms with Crippen LogP contribution in [0.15, 0.2) is 29.3 Å². The third-order valence-electron chi connectivity index (χ3n) is 6.04. The van der Waals surface area contributed by atoms with Gasteiger partial charge in [-0.05, 0) is 37.6 Å². The summed E-state index contributed by atoms with van der Waals surface area (Å²) in [6.07, 6.45) is -2.17. The number of methoxy groups -OCH3 is 1. The number of ether oxygens (including phenoxy) is 1. The van der Waals surface area contributed by atoms with E-state index in [2.05, 4.69) is 20.1 Å². The minimum Gasteiger partial charge on any atom is -0.384 e. The molecule has 0 radical (unpaired) electrons. The highest BCUT2D eigenvalue weighted by atomic mass is 127. The lowest BCUT2D eigenvalue weighted by Gasteiger charge is -2.36. The van der Waals surface area contributed by atoms with Crippen molar-refractivity contribution in [3.63, 3.8) is 0 Å². The van der Waals surface area contributed by atoms with Gasteiger partial charge in [0.1, 0.15) is 0 Å². The van der Waals surface area contributed by atoms with Crippen LogP contribution in [0.3, 0.4) is 0 Å². The zero-order valence-corrected chi connectivity index (χ0v) is 21.2. The summed E-state index contributed by atoms with van der Waals surface area (Å²) in [5.74, 6) is 1.52. The summed E-state index contributed by atoms with van der Waals surface area (Å²) in [5, 5.41) is 3.46. The molecular formula is C22H35F3IN5O. The molecule has 3 rings (SSSR count). The predicted molar refractivity (Wildman–Crippen MR) is 133 cm³/mol. The van der Waals surface area contributed by atoms with E-state index in [1.165, 1.54) is 12.1 Å². The molecule has 2 saturated heterocycles. The number of nitrogens with one attached hydrogen (secondary N) is 1. The van der Waals surface area contributed by atoms with Crippen LogP contribution in [-0.4, -0.2) is 88.9 Å². The fraction of sp³-hybridized carbons (Fsp3) is 0.682. The van der Waals surface area contributed by atoms with Gasteiger partial charge < -0.3 is 19.9 Å². The van der Waals surface area contributed by atoms with E-state index < -0.39 is 11.7 Å². The second-order valence-corrected chi connectivity index (χ2v) is 8.26. The molecule has 1 aromatic rings. The number of piperazine rings is 1. The minimum absolute atomic E-state index is 0. The number of likely N-dealkylation sites (tertiary alicyclic amines) is 1. The molecule has 1 atom stereocenters. The minimum atomic E-state index is -4.30. The quantitative estimate of drug-likeness (QED) is 0.236. The number of anilines is 1. The highest BCUT2D eigenvalue weighted by Gasteiger charge is 2.31. The van der Waals surface area contributed by atoms with E-state index in [1.807, 2.05) is 11.9 Å². The molecule has 1 N–H and O–H groups in total. The molecule has 0 aliphatic carbocycles. The summed E-state index contributed by atoms with van der Waals surface area (Å²) in [7, 11) is 3.56. The fourth-order valence-corrected chi connectivity index (χ4v) is 4.34. The highest BCUT2D eigenvalue weighted by molar-refractivity contribution is 14.0. The van der Waals surface area contributed by atoms with Crippen molar-refractivity contribution in [1.82, 2.24) is 15.1 Å². The molecule has 0 aromatic heterocycles. The van der Waals surface area contributed by atoms with Gasteiger partial charge in [-0.1, -0.05) is 6.07 Å². The molecular weight excluding hydrogens is 534 g/mol. The van der Waals surface area contributed by atoms with Gasteiger partial charge in [-0.15, -0.1) is 24.0 Å². The van der Waals surface area contributed by atoms with Gasteiger partial charge in [0.25, 0.3) is 0 Å². The maximum Gasteiger partial charge on any atom is 0.416 e. The normalized spacial score (nSPS) is 20.4. The van der Waals surface area contributed by atoms with Gasteiger partial charge in [-0.2, -0.15) is 13.2 Å². The van der Waals surface area contributed by atoms with Crippen LogP contribution in [0.5, 0.6) is 0 Å². The summed E-state index contributed by atoms with van der Waals surface area (Å²) >= 11 is 0. The number of aliphatic imine (C=N–C) groups is 1. The Morgan fingerprint density at radius 2 is 1.94 bits per heavy atom. The Labute approximate surface area is 206 Å². The standard InChI is InChI=1S/C22H34F3N5O.HI/c1-26-21(30-10-7-18(16-30)17-31-2)27-8-4-9-28-11-13-29(14-12-28)20-6-3-5-19(15-20)22(23,24)25;/h3,5-6,15,18H,4,7-14,16-17H2,1-2H3,(H,26,27);1H. The smallest absolute Gasteiger partial charge is 0.384 e. The first-order valence-corrected chi connectivity index (χ1v) is 11.0. The van der Waals surface area contributed by atoms with Crippen molar-refractivity contribution < 1.29 is 17.9 Å². The molecule has 6 nitrogen and oxygen atoms in total. The van der Waals surface area contributed by atoms with E-state index in [0.29, 0.717) is 11.6 Å². The van der Waals surface area contributed by atoms with Gasteiger partial charge in [0, 0.05) is 71.6 Å². The molecule has 0 saturated carbocycles. The molecule has 1 unspecified atom stereocenters. The van der Waals surface area contributed by atoms with Gasteiger partial charge in [-0.25, -0.2) is 0 Å². The lowest BCUT2D eigenvalue weighted by Crippen LogP contribution is -2.47. The van der Waals surface area contributed by atoms with Crippen LogP contribution in [0.1, 0.15) is 18.4 Å². The van der Waals surface area contributed by atoms with Crippen molar-refractivity contribution in [3.8, 4) is 0 Å². The Morgan fingerprint density at radius 1 is 1.19 bits per heavy atom. The Morgan fingerprint density at radius 3 is 2.59 bits per heavy atom. The Bertz CT molecular complexity index is 726. The van der Waals surface area contributed by atoms with Gasteiger partial charge in [-0.3, -0.25) is 9.89 Å². The number of guanidine groups is 1. The summed E-state index contributed by atoms with van der Waals surface area (Å²) < 4.78 is 44.1. The van der Waals surface area contributed by atoms with Crippen molar-refractivity contribution in [3.05, 3.63) is 29.8 Å². The summed E-state index contributed by atoms with van der Waals surface area (Å²) in [6.45, 7) is 7.79. The van der Waals surface area contributed by atoms with Crippen LogP contribution < -0.4 is 10.2 Å². The number of nitrogens with zero attached hydrogens (tertiary/aromatic N) is 4. The lowest BCUT2D eigenvalue weighted by molar-refractivity contribution is -0.137. The second kappa shape index (κ2) is 12.8. The first-order valence-electron chi connectivity index (χ1n) is 11.0. The topological polar surface area (TPSA) is 43.3 Å². The third-order valence-corrected chi connectivity index (χ3v) is 6.04. The second-order valence-electron chi connectivity index (χ2n) is 8.26. The largest absolute Gasteiger partial charge is 0.416 e. The van der Waals surface area contributed by atoms with E-state index in [1.54, 1.807) is 13.2 Å². The summed E-state index contributed by atoms with van der Waals surface area (Å²) in [5.41, 5.74) is 0.0655. The predicted octanol–water partition coefficient (Wildman–Crippen LogP) is 3.38. The van der Waals surface area contributed by atoms with E-state index >= 15 is 0 Å². The maximum atomic E-state index is 13.0. The van der Waals surface area contributed by atoms with Gasteiger partial charge in [0.15, 0.2) is 5.96 Å².